The molecule has 17 heavy (non-hydrogen) atoms. The van der Waals surface area contributed by atoms with E-state index in [0.717, 1.165) is 21.2 Å². The molecule has 1 atom stereocenters. The first-order valence-corrected chi connectivity index (χ1v) is 6.45. The average molecular weight is 312 g/mol. The first-order valence-electron chi connectivity index (χ1n) is 5.28. The van der Waals surface area contributed by atoms with Gasteiger partial charge in [-0.25, -0.2) is 0 Å². The highest BCUT2D eigenvalue weighted by Crippen LogP contribution is 2.31. The molecule has 3 heteroatoms. The molecule has 0 aliphatic rings. The average Bonchev–Trinajstić information content (AvgIpc) is 2.32. The van der Waals surface area contributed by atoms with Gasteiger partial charge in [0.15, 0.2) is 0 Å². The Bertz CT molecular complexity index is 539. The molecule has 1 N–H and O–H groups in total. The van der Waals surface area contributed by atoms with Crippen LogP contribution < -0.4 is 0 Å². The summed E-state index contributed by atoms with van der Waals surface area (Å²) in [6.45, 7) is 1.96. The minimum atomic E-state index is -0.663. The molecule has 0 fully saturated rings. The molecular formula is C14H12BrClO. The van der Waals surface area contributed by atoms with Crippen LogP contribution in [0.5, 0.6) is 0 Å². The van der Waals surface area contributed by atoms with Crippen molar-refractivity contribution in [3.63, 3.8) is 0 Å². The van der Waals surface area contributed by atoms with Crippen LogP contribution in [0.3, 0.4) is 0 Å². The molecule has 0 amide bonds. The minimum absolute atomic E-state index is 0.636. The van der Waals surface area contributed by atoms with Crippen molar-refractivity contribution in [1.82, 2.24) is 0 Å². The predicted molar refractivity (Wildman–Crippen MR) is 74.4 cm³/mol. The van der Waals surface area contributed by atoms with Gasteiger partial charge in [-0.2, -0.15) is 0 Å². The number of hydrogen-bond acceptors (Lipinski definition) is 1. The molecule has 88 valence electrons. The highest BCUT2D eigenvalue weighted by Gasteiger charge is 2.15. The lowest BCUT2D eigenvalue weighted by Crippen LogP contribution is -2.02. The van der Waals surface area contributed by atoms with Crippen molar-refractivity contribution in [3.05, 3.63) is 68.7 Å². The topological polar surface area (TPSA) is 20.2 Å². The number of aryl methyl sites for hydroxylation is 1. The molecule has 2 aromatic rings. The standard InChI is InChI=1S/C14H12BrClO/c1-9-6-7-10(16)8-12(9)14(17)11-4-2-3-5-13(11)15/h2-8,14,17H,1H3. The number of hydrogen-bond donors (Lipinski definition) is 1. The van der Waals surface area contributed by atoms with E-state index in [-0.39, 0.29) is 0 Å². The van der Waals surface area contributed by atoms with Crippen LogP contribution in [-0.2, 0) is 0 Å². The van der Waals surface area contributed by atoms with Crippen LogP contribution in [0.25, 0.3) is 0 Å². The van der Waals surface area contributed by atoms with Gasteiger partial charge in [0.25, 0.3) is 0 Å². The lowest BCUT2D eigenvalue weighted by atomic mass is 9.98. The van der Waals surface area contributed by atoms with Gasteiger partial charge in [-0.3, -0.25) is 0 Å². The first kappa shape index (κ1) is 12.6. The van der Waals surface area contributed by atoms with Gasteiger partial charge < -0.3 is 5.11 Å². The third-order valence-electron chi connectivity index (χ3n) is 2.74. The number of aliphatic hydroxyl groups is 1. The summed E-state index contributed by atoms with van der Waals surface area (Å²) in [4.78, 5) is 0. The van der Waals surface area contributed by atoms with Crippen molar-refractivity contribution in [2.24, 2.45) is 0 Å². The number of benzene rings is 2. The van der Waals surface area contributed by atoms with Gasteiger partial charge in [0.05, 0.1) is 0 Å². The maximum absolute atomic E-state index is 10.4. The van der Waals surface area contributed by atoms with Crippen LogP contribution in [0.4, 0.5) is 0 Å². The Kier molecular flexibility index (Phi) is 3.87. The van der Waals surface area contributed by atoms with Crippen LogP contribution >= 0.6 is 27.5 Å². The molecule has 0 bridgehead atoms. The van der Waals surface area contributed by atoms with Gasteiger partial charge in [0.2, 0.25) is 0 Å². The van der Waals surface area contributed by atoms with Crippen molar-refractivity contribution in [1.29, 1.82) is 0 Å². The highest BCUT2D eigenvalue weighted by atomic mass is 79.9. The van der Waals surface area contributed by atoms with Gasteiger partial charge in [0, 0.05) is 9.50 Å². The third kappa shape index (κ3) is 2.71. The summed E-state index contributed by atoms with van der Waals surface area (Å²) in [7, 11) is 0. The second-order valence-electron chi connectivity index (χ2n) is 3.92. The Labute approximate surface area is 114 Å². The summed E-state index contributed by atoms with van der Waals surface area (Å²) in [5.41, 5.74) is 2.71. The Hall–Kier alpha value is -0.830. The van der Waals surface area contributed by atoms with Crippen molar-refractivity contribution in [2.75, 3.05) is 0 Å². The van der Waals surface area contributed by atoms with E-state index in [2.05, 4.69) is 15.9 Å². The van der Waals surface area contributed by atoms with E-state index >= 15 is 0 Å². The zero-order valence-corrected chi connectivity index (χ0v) is 11.7. The Morgan fingerprint density at radius 3 is 2.53 bits per heavy atom. The zero-order chi connectivity index (χ0) is 12.4. The van der Waals surface area contributed by atoms with Gasteiger partial charge in [-0.1, -0.05) is 51.8 Å². The molecule has 0 aliphatic heterocycles. The van der Waals surface area contributed by atoms with E-state index in [9.17, 15) is 5.11 Å². The summed E-state index contributed by atoms with van der Waals surface area (Å²) in [6, 6.07) is 13.2. The fourth-order valence-electron chi connectivity index (χ4n) is 1.77. The van der Waals surface area contributed by atoms with E-state index in [0.29, 0.717) is 5.02 Å². The maximum Gasteiger partial charge on any atom is 0.105 e. The summed E-state index contributed by atoms with van der Waals surface area (Å²) < 4.78 is 0.895. The summed E-state index contributed by atoms with van der Waals surface area (Å²) in [5, 5.41) is 11.0. The largest absolute Gasteiger partial charge is 0.384 e. The van der Waals surface area contributed by atoms with Crippen LogP contribution in [0.1, 0.15) is 22.8 Å². The molecule has 2 aromatic carbocycles. The maximum atomic E-state index is 10.4. The zero-order valence-electron chi connectivity index (χ0n) is 9.32. The van der Waals surface area contributed by atoms with Gasteiger partial charge in [-0.05, 0) is 41.8 Å². The van der Waals surface area contributed by atoms with Crippen LogP contribution in [0.2, 0.25) is 5.02 Å². The Balaban J connectivity index is 2.47. The SMILES string of the molecule is Cc1ccc(Cl)cc1C(O)c1ccccc1Br. The molecule has 1 unspecified atom stereocenters. The molecule has 0 aliphatic carbocycles. The van der Waals surface area contributed by atoms with Crippen LogP contribution in [0.15, 0.2) is 46.9 Å². The lowest BCUT2D eigenvalue weighted by Gasteiger charge is -2.15. The van der Waals surface area contributed by atoms with Crippen LogP contribution in [-0.4, -0.2) is 5.11 Å². The van der Waals surface area contributed by atoms with Gasteiger partial charge in [-0.15, -0.1) is 0 Å². The predicted octanol–water partition coefficient (Wildman–Crippen LogP) is 4.49. The lowest BCUT2D eigenvalue weighted by molar-refractivity contribution is 0.219. The van der Waals surface area contributed by atoms with Crippen molar-refractivity contribution in [3.8, 4) is 0 Å². The third-order valence-corrected chi connectivity index (χ3v) is 3.69. The molecule has 0 radical (unpaired) electrons. The van der Waals surface area contributed by atoms with E-state index < -0.39 is 6.10 Å². The molecule has 1 nitrogen and oxygen atoms in total. The quantitative estimate of drug-likeness (QED) is 0.866. The minimum Gasteiger partial charge on any atom is -0.384 e. The summed E-state index contributed by atoms with van der Waals surface area (Å²) >= 11 is 9.41. The highest BCUT2D eigenvalue weighted by molar-refractivity contribution is 9.10. The fourth-order valence-corrected chi connectivity index (χ4v) is 2.45. The number of halogens is 2. The first-order chi connectivity index (χ1) is 8.09. The monoisotopic (exact) mass is 310 g/mol. The van der Waals surface area contributed by atoms with Gasteiger partial charge in [0.1, 0.15) is 6.10 Å². The van der Waals surface area contributed by atoms with E-state index in [1.807, 2.05) is 43.3 Å². The summed E-state index contributed by atoms with van der Waals surface area (Å²) in [6.07, 6.45) is -0.663. The molecule has 0 heterocycles. The van der Waals surface area contributed by atoms with E-state index in [4.69, 9.17) is 11.6 Å². The number of rotatable bonds is 2. The molecule has 0 aromatic heterocycles. The molecule has 2 rings (SSSR count). The number of aliphatic hydroxyl groups excluding tert-OH is 1. The van der Waals surface area contributed by atoms with Crippen molar-refractivity contribution < 1.29 is 5.11 Å². The van der Waals surface area contributed by atoms with Crippen molar-refractivity contribution in [2.45, 2.75) is 13.0 Å². The van der Waals surface area contributed by atoms with E-state index in [1.54, 1.807) is 6.07 Å². The normalized spacial score (nSPS) is 12.5. The fraction of sp³-hybridized carbons (Fsp3) is 0.143. The Morgan fingerprint density at radius 1 is 1.12 bits per heavy atom. The smallest absolute Gasteiger partial charge is 0.105 e. The molecule has 0 spiro atoms. The summed E-state index contributed by atoms with van der Waals surface area (Å²) in [5.74, 6) is 0. The molecular weight excluding hydrogens is 300 g/mol. The molecule has 0 saturated heterocycles. The second-order valence-corrected chi connectivity index (χ2v) is 5.22. The Morgan fingerprint density at radius 2 is 1.82 bits per heavy atom. The van der Waals surface area contributed by atoms with Crippen LogP contribution in [0, 0.1) is 6.92 Å². The van der Waals surface area contributed by atoms with E-state index in [1.165, 1.54) is 0 Å². The second kappa shape index (κ2) is 5.21. The van der Waals surface area contributed by atoms with Crippen molar-refractivity contribution >= 4 is 27.5 Å². The molecule has 0 saturated carbocycles. The van der Waals surface area contributed by atoms with Gasteiger partial charge >= 0.3 is 0 Å².